The molecule has 17 heavy (non-hydrogen) atoms. The molecule has 2 atom stereocenters. The summed E-state index contributed by atoms with van der Waals surface area (Å²) in [5, 5.41) is 11.8. The van der Waals surface area contributed by atoms with Crippen LogP contribution in [0.5, 0.6) is 0 Å². The number of nitrogens with zero attached hydrogens (tertiary/aromatic N) is 3. The predicted molar refractivity (Wildman–Crippen MR) is 66.0 cm³/mol. The monoisotopic (exact) mass is 238 g/mol. The topological polar surface area (TPSA) is 52.0 Å². The van der Waals surface area contributed by atoms with E-state index in [0.717, 1.165) is 38.3 Å². The zero-order valence-electron chi connectivity index (χ0n) is 10.9. The fourth-order valence-electron chi connectivity index (χ4n) is 2.30. The van der Waals surface area contributed by atoms with Crippen molar-refractivity contribution < 1.29 is 4.74 Å². The highest BCUT2D eigenvalue weighted by atomic mass is 16.5. The van der Waals surface area contributed by atoms with Gasteiger partial charge in [0, 0.05) is 19.1 Å². The third-order valence-electron chi connectivity index (χ3n) is 3.47. The fraction of sp³-hybridized carbons (Fsp3) is 0.833. The number of rotatable bonds is 5. The van der Waals surface area contributed by atoms with Crippen molar-refractivity contribution in [1.29, 1.82) is 0 Å². The van der Waals surface area contributed by atoms with Crippen molar-refractivity contribution in [3.05, 3.63) is 11.4 Å². The van der Waals surface area contributed by atoms with Gasteiger partial charge in [-0.2, -0.15) is 0 Å². The maximum absolute atomic E-state index is 5.49. The molecular weight excluding hydrogens is 216 g/mol. The Balaban J connectivity index is 2.31. The summed E-state index contributed by atoms with van der Waals surface area (Å²) in [6.45, 7) is 6.81. The smallest absolute Gasteiger partial charge is 0.100 e. The molecule has 2 heterocycles. The highest BCUT2D eigenvalue weighted by molar-refractivity contribution is 5.17. The molecule has 96 valence electrons. The Morgan fingerprint density at radius 3 is 3.00 bits per heavy atom. The van der Waals surface area contributed by atoms with Gasteiger partial charge < -0.3 is 10.1 Å². The molecule has 1 aliphatic rings. The zero-order chi connectivity index (χ0) is 12.3. The molecule has 5 nitrogen and oxygen atoms in total. The van der Waals surface area contributed by atoms with Gasteiger partial charge in [-0.25, -0.2) is 4.68 Å². The molecule has 2 unspecified atom stereocenters. The van der Waals surface area contributed by atoms with Crippen molar-refractivity contribution in [3.63, 3.8) is 0 Å². The molecule has 1 aliphatic heterocycles. The number of hydrogen-bond acceptors (Lipinski definition) is 4. The second-order valence-electron chi connectivity index (χ2n) is 4.71. The van der Waals surface area contributed by atoms with E-state index in [-0.39, 0.29) is 0 Å². The van der Waals surface area contributed by atoms with Crippen LogP contribution in [0.2, 0.25) is 0 Å². The molecule has 0 radical (unpaired) electrons. The van der Waals surface area contributed by atoms with Gasteiger partial charge in [0.05, 0.1) is 18.3 Å². The molecule has 0 aliphatic carbocycles. The summed E-state index contributed by atoms with van der Waals surface area (Å²) >= 11 is 0. The fourth-order valence-corrected chi connectivity index (χ4v) is 2.30. The number of nitrogens with one attached hydrogen (secondary N) is 1. The SMILES string of the molecule is CCC(C)n1nnc(CNC)c1C1CCOC1. The van der Waals surface area contributed by atoms with E-state index in [1.165, 1.54) is 5.69 Å². The van der Waals surface area contributed by atoms with Crippen LogP contribution >= 0.6 is 0 Å². The summed E-state index contributed by atoms with van der Waals surface area (Å²) in [7, 11) is 1.94. The highest BCUT2D eigenvalue weighted by Gasteiger charge is 2.27. The van der Waals surface area contributed by atoms with Crippen LogP contribution in [0.15, 0.2) is 0 Å². The third-order valence-corrected chi connectivity index (χ3v) is 3.47. The first-order chi connectivity index (χ1) is 8.27. The molecule has 1 N–H and O–H groups in total. The van der Waals surface area contributed by atoms with Gasteiger partial charge in [-0.3, -0.25) is 0 Å². The molecule has 0 amide bonds. The van der Waals surface area contributed by atoms with Gasteiger partial charge in [-0.05, 0) is 26.8 Å². The van der Waals surface area contributed by atoms with E-state index in [4.69, 9.17) is 4.74 Å². The Morgan fingerprint density at radius 1 is 1.59 bits per heavy atom. The Labute approximate surface area is 103 Å². The summed E-state index contributed by atoms with van der Waals surface area (Å²) in [4.78, 5) is 0. The van der Waals surface area contributed by atoms with E-state index < -0.39 is 0 Å². The first-order valence-corrected chi connectivity index (χ1v) is 6.44. The lowest BCUT2D eigenvalue weighted by Crippen LogP contribution is -2.16. The van der Waals surface area contributed by atoms with Gasteiger partial charge in [0.1, 0.15) is 5.69 Å². The first kappa shape index (κ1) is 12.5. The van der Waals surface area contributed by atoms with E-state index in [0.29, 0.717) is 12.0 Å². The number of aromatic nitrogens is 3. The molecule has 1 aromatic heterocycles. The molecule has 0 spiro atoms. The minimum Gasteiger partial charge on any atom is -0.381 e. The normalized spacial score (nSPS) is 21.9. The van der Waals surface area contributed by atoms with E-state index in [1.807, 2.05) is 7.05 Å². The van der Waals surface area contributed by atoms with Crippen LogP contribution in [0.1, 0.15) is 50.0 Å². The quantitative estimate of drug-likeness (QED) is 0.844. The summed E-state index contributed by atoms with van der Waals surface area (Å²) in [5.74, 6) is 0.461. The molecule has 0 saturated carbocycles. The average molecular weight is 238 g/mol. The van der Waals surface area contributed by atoms with Crippen LogP contribution in [0.25, 0.3) is 0 Å². The molecule has 1 fully saturated rings. The van der Waals surface area contributed by atoms with Gasteiger partial charge in [0.25, 0.3) is 0 Å². The minimum absolute atomic E-state index is 0.406. The van der Waals surface area contributed by atoms with Crippen LogP contribution < -0.4 is 5.32 Å². The number of hydrogen-bond donors (Lipinski definition) is 1. The Hall–Kier alpha value is -0.940. The van der Waals surface area contributed by atoms with Crippen molar-refractivity contribution in [1.82, 2.24) is 20.3 Å². The molecular formula is C12H22N4O. The number of ether oxygens (including phenoxy) is 1. The second kappa shape index (κ2) is 5.60. The Kier molecular flexibility index (Phi) is 4.12. The lowest BCUT2D eigenvalue weighted by atomic mass is 10.0. The van der Waals surface area contributed by atoms with E-state index >= 15 is 0 Å². The van der Waals surface area contributed by atoms with Gasteiger partial charge >= 0.3 is 0 Å². The van der Waals surface area contributed by atoms with Crippen molar-refractivity contribution in [2.45, 2.75) is 45.2 Å². The van der Waals surface area contributed by atoms with Crippen molar-refractivity contribution in [2.75, 3.05) is 20.3 Å². The van der Waals surface area contributed by atoms with Crippen LogP contribution in [0.4, 0.5) is 0 Å². The zero-order valence-corrected chi connectivity index (χ0v) is 10.9. The molecule has 0 bridgehead atoms. The third kappa shape index (κ3) is 2.50. The molecule has 2 rings (SSSR count). The van der Waals surface area contributed by atoms with Gasteiger partial charge in [-0.15, -0.1) is 5.10 Å². The van der Waals surface area contributed by atoms with Crippen molar-refractivity contribution in [2.24, 2.45) is 0 Å². The van der Waals surface area contributed by atoms with Crippen LogP contribution in [0.3, 0.4) is 0 Å². The maximum atomic E-state index is 5.49. The first-order valence-electron chi connectivity index (χ1n) is 6.44. The average Bonchev–Trinajstić information content (AvgIpc) is 2.96. The van der Waals surface area contributed by atoms with E-state index in [1.54, 1.807) is 0 Å². The van der Waals surface area contributed by atoms with E-state index in [9.17, 15) is 0 Å². The van der Waals surface area contributed by atoms with Crippen LogP contribution in [-0.2, 0) is 11.3 Å². The van der Waals surface area contributed by atoms with Crippen LogP contribution in [-0.4, -0.2) is 35.3 Å². The Morgan fingerprint density at radius 2 is 2.41 bits per heavy atom. The van der Waals surface area contributed by atoms with Crippen molar-refractivity contribution in [3.8, 4) is 0 Å². The standard InChI is InChI=1S/C12H22N4O/c1-4-9(2)16-12(10-5-6-17-8-10)11(7-13-3)14-15-16/h9-10,13H,4-8H2,1-3H3. The molecule has 5 heteroatoms. The lowest BCUT2D eigenvalue weighted by molar-refractivity contribution is 0.192. The lowest BCUT2D eigenvalue weighted by Gasteiger charge is -2.17. The molecule has 1 saturated heterocycles. The predicted octanol–water partition coefficient (Wildman–Crippen LogP) is 1.47. The Bertz CT molecular complexity index is 357. The van der Waals surface area contributed by atoms with Crippen LogP contribution in [0, 0.1) is 0 Å². The van der Waals surface area contributed by atoms with Gasteiger partial charge in [-0.1, -0.05) is 12.1 Å². The van der Waals surface area contributed by atoms with Gasteiger partial charge in [0.15, 0.2) is 0 Å². The minimum atomic E-state index is 0.406. The molecule has 1 aromatic rings. The largest absolute Gasteiger partial charge is 0.381 e. The summed E-state index contributed by atoms with van der Waals surface area (Å²) < 4.78 is 7.58. The maximum Gasteiger partial charge on any atom is 0.100 e. The summed E-state index contributed by atoms with van der Waals surface area (Å²) in [6, 6.07) is 0.406. The second-order valence-corrected chi connectivity index (χ2v) is 4.71. The van der Waals surface area contributed by atoms with Crippen molar-refractivity contribution >= 4 is 0 Å². The van der Waals surface area contributed by atoms with Gasteiger partial charge in [0.2, 0.25) is 0 Å². The summed E-state index contributed by atoms with van der Waals surface area (Å²) in [5.41, 5.74) is 2.34. The highest BCUT2D eigenvalue weighted by Crippen LogP contribution is 2.29. The van der Waals surface area contributed by atoms with E-state index in [2.05, 4.69) is 34.2 Å². The summed E-state index contributed by atoms with van der Waals surface area (Å²) in [6.07, 6.45) is 2.16. The molecule has 0 aromatic carbocycles.